The quantitative estimate of drug-likeness (QED) is 0.830. The summed E-state index contributed by atoms with van der Waals surface area (Å²) in [5.41, 5.74) is 1.12. The van der Waals surface area contributed by atoms with Gasteiger partial charge in [-0.1, -0.05) is 40.0 Å². The van der Waals surface area contributed by atoms with E-state index >= 15 is 0 Å². The molecule has 1 aromatic heterocycles. The maximum Gasteiger partial charge on any atom is 0.144 e. The van der Waals surface area contributed by atoms with Gasteiger partial charge in [0.05, 0.1) is 10.2 Å². The summed E-state index contributed by atoms with van der Waals surface area (Å²) >= 11 is 3.64. The van der Waals surface area contributed by atoms with Crippen molar-refractivity contribution in [2.45, 2.75) is 64.7 Å². The van der Waals surface area contributed by atoms with Crippen LogP contribution in [-0.2, 0) is 0 Å². The fourth-order valence-corrected chi connectivity index (χ4v) is 3.94. The number of aromatic nitrogens is 2. The van der Waals surface area contributed by atoms with Gasteiger partial charge in [0.25, 0.3) is 0 Å². The summed E-state index contributed by atoms with van der Waals surface area (Å²) in [6, 6.07) is 0. The van der Waals surface area contributed by atoms with E-state index in [4.69, 9.17) is 9.97 Å². The molecule has 1 aliphatic carbocycles. The molecular weight excluding hydrogens is 314 g/mol. The highest BCUT2D eigenvalue weighted by Crippen LogP contribution is 2.38. The molecule has 1 heterocycles. The third-order valence-corrected chi connectivity index (χ3v) is 5.18. The van der Waals surface area contributed by atoms with Crippen molar-refractivity contribution in [1.82, 2.24) is 9.97 Å². The van der Waals surface area contributed by atoms with Crippen molar-refractivity contribution in [2.24, 2.45) is 5.92 Å². The second-order valence-electron chi connectivity index (χ2n) is 6.17. The van der Waals surface area contributed by atoms with Gasteiger partial charge in [-0.25, -0.2) is 9.97 Å². The number of rotatable bonds is 4. The standard InChI is InChI=1S/C16H26BrN3/c1-5-11-7-6-8-12(9-11)15-19-14(10(2)3)13(17)16(18-4)20-15/h10-12H,5-9H2,1-4H3,(H,18,19,20). The van der Waals surface area contributed by atoms with Crippen molar-refractivity contribution >= 4 is 21.7 Å². The van der Waals surface area contributed by atoms with Gasteiger partial charge in [0.1, 0.15) is 11.6 Å². The first-order chi connectivity index (χ1) is 9.56. The molecule has 3 nitrogen and oxygen atoms in total. The Kier molecular flexibility index (Phi) is 5.42. The summed E-state index contributed by atoms with van der Waals surface area (Å²) in [7, 11) is 1.93. The summed E-state index contributed by atoms with van der Waals surface area (Å²) in [6.07, 6.45) is 6.45. The molecule has 0 amide bonds. The van der Waals surface area contributed by atoms with Gasteiger partial charge in [0, 0.05) is 13.0 Å². The molecule has 0 saturated heterocycles. The minimum atomic E-state index is 0.406. The zero-order chi connectivity index (χ0) is 14.7. The first-order valence-electron chi connectivity index (χ1n) is 7.81. The largest absolute Gasteiger partial charge is 0.372 e. The fourth-order valence-electron chi connectivity index (χ4n) is 3.11. The topological polar surface area (TPSA) is 37.8 Å². The number of hydrogen-bond donors (Lipinski definition) is 1. The van der Waals surface area contributed by atoms with Crippen molar-refractivity contribution in [1.29, 1.82) is 0 Å². The molecule has 2 atom stereocenters. The molecule has 20 heavy (non-hydrogen) atoms. The van der Waals surface area contributed by atoms with Gasteiger partial charge in [0.2, 0.25) is 0 Å². The summed E-state index contributed by atoms with van der Waals surface area (Å²) in [6.45, 7) is 6.67. The van der Waals surface area contributed by atoms with Gasteiger partial charge in [-0.2, -0.15) is 0 Å². The van der Waals surface area contributed by atoms with E-state index in [-0.39, 0.29) is 0 Å². The second kappa shape index (κ2) is 6.88. The van der Waals surface area contributed by atoms with Gasteiger partial charge in [-0.15, -0.1) is 0 Å². The minimum absolute atomic E-state index is 0.406. The van der Waals surface area contributed by atoms with E-state index in [0.717, 1.165) is 27.7 Å². The molecule has 1 saturated carbocycles. The van der Waals surface area contributed by atoms with Crippen LogP contribution in [-0.4, -0.2) is 17.0 Å². The van der Waals surface area contributed by atoms with E-state index in [0.29, 0.717) is 11.8 Å². The third-order valence-electron chi connectivity index (χ3n) is 4.40. The zero-order valence-electron chi connectivity index (χ0n) is 13.0. The molecule has 0 aliphatic heterocycles. The van der Waals surface area contributed by atoms with Crippen molar-refractivity contribution in [3.05, 3.63) is 16.0 Å². The lowest BCUT2D eigenvalue weighted by Crippen LogP contribution is -2.17. The Balaban J connectivity index is 2.33. The lowest BCUT2D eigenvalue weighted by molar-refractivity contribution is 0.307. The first kappa shape index (κ1) is 15.7. The van der Waals surface area contributed by atoms with Gasteiger partial charge in [-0.05, 0) is 40.6 Å². The Hall–Kier alpha value is -0.640. The molecule has 112 valence electrons. The molecule has 1 aliphatic rings. The Labute approximate surface area is 131 Å². The molecule has 0 spiro atoms. The summed E-state index contributed by atoms with van der Waals surface area (Å²) in [5, 5.41) is 3.20. The normalized spacial score (nSPS) is 23.1. The van der Waals surface area contributed by atoms with Crippen LogP contribution < -0.4 is 5.32 Å². The zero-order valence-corrected chi connectivity index (χ0v) is 14.6. The highest BCUT2D eigenvalue weighted by atomic mass is 79.9. The molecule has 0 aromatic carbocycles. The van der Waals surface area contributed by atoms with Gasteiger partial charge < -0.3 is 5.32 Å². The summed E-state index contributed by atoms with van der Waals surface area (Å²) in [5.74, 6) is 3.76. The van der Waals surface area contributed by atoms with E-state index in [2.05, 4.69) is 42.0 Å². The predicted octanol–water partition coefficient (Wildman–Crippen LogP) is 5.09. The Morgan fingerprint density at radius 1 is 1.30 bits per heavy atom. The van der Waals surface area contributed by atoms with E-state index in [9.17, 15) is 0 Å². The van der Waals surface area contributed by atoms with Crippen LogP contribution in [0.3, 0.4) is 0 Å². The number of nitrogens with zero attached hydrogens (tertiary/aromatic N) is 2. The highest BCUT2D eigenvalue weighted by molar-refractivity contribution is 9.10. The first-order valence-corrected chi connectivity index (χ1v) is 8.61. The van der Waals surface area contributed by atoms with Crippen LogP contribution in [0.15, 0.2) is 4.47 Å². The van der Waals surface area contributed by atoms with Crippen molar-refractivity contribution < 1.29 is 0 Å². The van der Waals surface area contributed by atoms with Crippen LogP contribution in [0.5, 0.6) is 0 Å². The van der Waals surface area contributed by atoms with Gasteiger partial charge in [-0.3, -0.25) is 0 Å². The average molecular weight is 340 g/mol. The molecule has 0 radical (unpaired) electrons. The number of nitrogens with one attached hydrogen (secondary N) is 1. The van der Waals surface area contributed by atoms with E-state index in [1.165, 1.54) is 32.1 Å². The van der Waals surface area contributed by atoms with Crippen molar-refractivity contribution in [3.63, 3.8) is 0 Å². The summed E-state index contributed by atoms with van der Waals surface area (Å²) in [4.78, 5) is 9.63. The molecule has 0 bridgehead atoms. The van der Waals surface area contributed by atoms with Crippen LogP contribution >= 0.6 is 15.9 Å². The monoisotopic (exact) mass is 339 g/mol. The number of hydrogen-bond acceptors (Lipinski definition) is 3. The Bertz CT molecular complexity index is 459. The van der Waals surface area contributed by atoms with Crippen LogP contribution in [0.2, 0.25) is 0 Å². The average Bonchev–Trinajstić information content (AvgIpc) is 2.47. The Morgan fingerprint density at radius 3 is 2.65 bits per heavy atom. The highest BCUT2D eigenvalue weighted by Gasteiger charge is 2.26. The van der Waals surface area contributed by atoms with Crippen molar-refractivity contribution in [3.8, 4) is 0 Å². The molecule has 1 aromatic rings. The SMILES string of the molecule is CCC1CCCC(c2nc(NC)c(Br)c(C(C)C)n2)C1. The van der Waals surface area contributed by atoms with Crippen LogP contribution in [0.1, 0.15) is 76.2 Å². The molecule has 1 fully saturated rings. The number of halogens is 1. The van der Waals surface area contributed by atoms with Crippen LogP contribution in [0, 0.1) is 5.92 Å². The van der Waals surface area contributed by atoms with Crippen LogP contribution in [0.25, 0.3) is 0 Å². The predicted molar refractivity (Wildman–Crippen MR) is 88.4 cm³/mol. The van der Waals surface area contributed by atoms with Crippen LogP contribution in [0.4, 0.5) is 5.82 Å². The van der Waals surface area contributed by atoms with E-state index < -0.39 is 0 Å². The summed E-state index contributed by atoms with van der Waals surface area (Å²) < 4.78 is 1.02. The fraction of sp³-hybridized carbons (Fsp3) is 0.750. The lowest BCUT2D eigenvalue weighted by atomic mass is 9.80. The maximum absolute atomic E-state index is 4.87. The third kappa shape index (κ3) is 3.33. The minimum Gasteiger partial charge on any atom is -0.372 e. The lowest BCUT2D eigenvalue weighted by Gasteiger charge is -2.28. The van der Waals surface area contributed by atoms with Gasteiger partial charge in [0.15, 0.2) is 0 Å². The second-order valence-corrected chi connectivity index (χ2v) is 6.97. The van der Waals surface area contributed by atoms with Crippen molar-refractivity contribution in [2.75, 3.05) is 12.4 Å². The van der Waals surface area contributed by atoms with E-state index in [1.807, 2.05) is 7.05 Å². The number of anilines is 1. The molecule has 2 unspecified atom stereocenters. The molecule has 2 rings (SSSR count). The van der Waals surface area contributed by atoms with Gasteiger partial charge >= 0.3 is 0 Å². The smallest absolute Gasteiger partial charge is 0.144 e. The Morgan fingerprint density at radius 2 is 2.05 bits per heavy atom. The molecule has 1 N–H and O–H groups in total. The molecule has 4 heteroatoms. The van der Waals surface area contributed by atoms with E-state index in [1.54, 1.807) is 0 Å². The maximum atomic E-state index is 4.87. The molecular formula is C16H26BrN3.